The maximum atomic E-state index is 10.1. The number of halogens is 1. The van der Waals surface area contributed by atoms with Gasteiger partial charge in [0, 0.05) is 72.6 Å². The van der Waals surface area contributed by atoms with Crippen LogP contribution in [0, 0.1) is 5.41 Å². The van der Waals surface area contributed by atoms with Crippen LogP contribution < -0.4 is 5.32 Å². The van der Waals surface area contributed by atoms with E-state index >= 15 is 0 Å². The molecule has 1 fully saturated rings. The summed E-state index contributed by atoms with van der Waals surface area (Å²) in [5.41, 5.74) is 3.70. The number of fused-ring (bicyclic) bond motifs is 3. The molecule has 0 amide bonds. The number of hydrogen-bond acceptors (Lipinski definition) is 3. The van der Waals surface area contributed by atoms with Gasteiger partial charge in [0.2, 0.25) is 0 Å². The second kappa shape index (κ2) is 8.42. The van der Waals surface area contributed by atoms with E-state index in [9.17, 15) is 5.11 Å². The first kappa shape index (κ1) is 21.1. The van der Waals surface area contributed by atoms with E-state index in [0.29, 0.717) is 0 Å². The van der Waals surface area contributed by atoms with Gasteiger partial charge in [0.05, 0.1) is 0 Å². The summed E-state index contributed by atoms with van der Waals surface area (Å²) in [6.45, 7) is 11.8. The molecule has 2 heterocycles. The molecule has 0 saturated carbocycles. The molecule has 0 unspecified atom stereocenters. The normalized spacial score (nSPS) is 17.0. The van der Waals surface area contributed by atoms with E-state index in [0.717, 1.165) is 32.7 Å². The summed E-state index contributed by atoms with van der Waals surface area (Å²) in [4.78, 5) is 2.53. The van der Waals surface area contributed by atoms with E-state index in [1.54, 1.807) is 0 Å². The Hall–Kier alpha value is -1.59. The Kier molecular flexibility index (Phi) is 6.35. The van der Waals surface area contributed by atoms with Crippen molar-refractivity contribution in [2.75, 3.05) is 32.8 Å². The minimum atomic E-state index is -0.200. The van der Waals surface area contributed by atoms with Crippen LogP contribution in [0.5, 0.6) is 0 Å². The first-order valence-corrected chi connectivity index (χ1v) is 10.1. The molecule has 0 bridgehead atoms. The van der Waals surface area contributed by atoms with Crippen LogP contribution in [0.1, 0.15) is 32.4 Å². The fourth-order valence-electron chi connectivity index (χ4n) is 4.77. The molecule has 1 atom stereocenters. The highest BCUT2D eigenvalue weighted by molar-refractivity contribution is 6.08. The smallest absolute Gasteiger partial charge is 0.0500 e. The van der Waals surface area contributed by atoms with Crippen LogP contribution in [-0.2, 0) is 6.54 Å². The molecule has 152 valence electrons. The van der Waals surface area contributed by atoms with Crippen molar-refractivity contribution in [3.63, 3.8) is 0 Å². The molecule has 1 aliphatic heterocycles. The monoisotopic (exact) mass is 401 g/mol. The van der Waals surface area contributed by atoms with Crippen molar-refractivity contribution in [3.8, 4) is 0 Å². The lowest BCUT2D eigenvalue weighted by molar-refractivity contribution is 0.0306. The largest absolute Gasteiger partial charge is 0.396 e. The van der Waals surface area contributed by atoms with Gasteiger partial charge in [-0.15, -0.1) is 12.4 Å². The van der Waals surface area contributed by atoms with Crippen LogP contribution in [-0.4, -0.2) is 47.4 Å². The van der Waals surface area contributed by atoms with Crippen LogP contribution in [0.15, 0.2) is 42.5 Å². The quantitative estimate of drug-likeness (QED) is 0.673. The van der Waals surface area contributed by atoms with Crippen LogP contribution in [0.2, 0.25) is 0 Å². The van der Waals surface area contributed by atoms with Gasteiger partial charge in [-0.2, -0.15) is 0 Å². The third kappa shape index (κ3) is 3.55. The first-order chi connectivity index (χ1) is 13.1. The van der Waals surface area contributed by atoms with Gasteiger partial charge in [0.25, 0.3) is 0 Å². The maximum Gasteiger partial charge on any atom is 0.0500 e. The van der Waals surface area contributed by atoms with Crippen LogP contribution in [0.25, 0.3) is 21.8 Å². The van der Waals surface area contributed by atoms with Crippen LogP contribution in [0.3, 0.4) is 0 Å². The van der Waals surface area contributed by atoms with E-state index in [1.807, 2.05) is 0 Å². The Morgan fingerprint density at radius 2 is 1.71 bits per heavy atom. The van der Waals surface area contributed by atoms with E-state index < -0.39 is 0 Å². The van der Waals surface area contributed by atoms with Crippen molar-refractivity contribution < 1.29 is 5.11 Å². The molecule has 4 nitrogen and oxygen atoms in total. The van der Waals surface area contributed by atoms with E-state index in [2.05, 4.69) is 78.0 Å². The number of aromatic nitrogens is 1. The number of benzene rings is 2. The molecule has 0 aliphatic carbocycles. The Morgan fingerprint density at radius 3 is 2.39 bits per heavy atom. The number of aliphatic hydroxyl groups is 1. The summed E-state index contributed by atoms with van der Waals surface area (Å²) in [5.74, 6) is 0. The zero-order valence-corrected chi connectivity index (χ0v) is 17.9. The van der Waals surface area contributed by atoms with Gasteiger partial charge in [-0.05, 0) is 30.7 Å². The van der Waals surface area contributed by atoms with Crippen molar-refractivity contribution in [2.45, 2.75) is 33.4 Å². The second-order valence-corrected chi connectivity index (χ2v) is 8.37. The number of hydrogen-bond donors (Lipinski definition) is 2. The molecule has 28 heavy (non-hydrogen) atoms. The lowest BCUT2D eigenvalue weighted by atomic mass is 9.79. The summed E-state index contributed by atoms with van der Waals surface area (Å²) in [5, 5.41) is 16.2. The lowest BCUT2D eigenvalue weighted by Crippen LogP contribution is -2.49. The number of aliphatic hydroxyl groups excluding tert-OH is 1. The molecule has 3 aromatic rings. The molecular weight excluding hydrogens is 370 g/mol. The van der Waals surface area contributed by atoms with Crippen molar-refractivity contribution in [1.29, 1.82) is 0 Å². The summed E-state index contributed by atoms with van der Waals surface area (Å²) >= 11 is 0. The maximum absolute atomic E-state index is 10.1. The fraction of sp³-hybridized carbons (Fsp3) is 0.478. The Labute approximate surface area is 173 Å². The van der Waals surface area contributed by atoms with Crippen molar-refractivity contribution >= 4 is 34.2 Å². The van der Waals surface area contributed by atoms with Crippen molar-refractivity contribution in [3.05, 3.63) is 48.0 Å². The predicted octanol–water partition coefficient (Wildman–Crippen LogP) is 4.20. The molecular formula is C23H32ClN3O. The van der Waals surface area contributed by atoms with Crippen molar-refractivity contribution in [2.24, 2.45) is 5.41 Å². The van der Waals surface area contributed by atoms with E-state index in [-0.39, 0.29) is 30.5 Å². The zero-order chi connectivity index (χ0) is 19.0. The number of nitrogens with one attached hydrogen (secondary N) is 1. The average molecular weight is 402 g/mol. The number of aryl methyl sites for hydroxylation is 1. The number of rotatable bonds is 5. The summed E-state index contributed by atoms with van der Waals surface area (Å²) in [6.07, 6.45) is 0. The molecule has 1 saturated heterocycles. The van der Waals surface area contributed by atoms with E-state index in [4.69, 9.17) is 0 Å². The fourth-order valence-corrected chi connectivity index (χ4v) is 4.77. The topological polar surface area (TPSA) is 40.4 Å². The minimum absolute atomic E-state index is 0. The highest BCUT2D eigenvalue weighted by Crippen LogP contribution is 2.40. The van der Waals surface area contributed by atoms with Gasteiger partial charge < -0.3 is 15.0 Å². The first-order valence-electron chi connectivity index (χ1n) is 10.1. The third-order valence-corrected chi connectivity index (χ3v) is 6.09. The summed E-state index contributed by atoms with van der Waals surface area (Å²) in [7, 11) is 0. The zero-order valence-electron chi connectivity index (χ0n) is 17.1. The number of para-hydroxylation sites is 1. The highest BCUT2D eigenvalue weighted by atomic mass is 35.5. The Balaban J connectivity index is 0.00000225. The Bertz CT molecular complexity index is 944. The molecule has 1 aliphatic rings. The molecule has 2 N–H and O–H groups in total. The molecule has 0 spiro atoms. The van der Waals surface area contributed by atoms with Crippen LogP contribution >= 0.6 is 12.4 Å². The summed E-state index contributed by atoms with van der Waals surface area (Å²) < 4.78 is 2.39. The van der Waals surface area contributed by atoms with Gasteiger partial charge in [0.1, 0.15) is 0 Å². The molecule has 0 radical (unpaired) electrons. The van der Waals surface area contributed by atoms with Crippen molar-refractivity contribution in [1.82, 2.24) is 14.8 Å². The van der Waals surface area contributed by atoms with Gasteiger partial charge in [-0.25, -0.2) is 0 Å². The second-order valence-electron chi connectivity index (χ2n) is 8.37. The Morgan fingerprint density at radius 1 is 1.04 bits per heavy atom. The van der Waals surface area contributed by atoms with Gasteiger partial charge in [-0.1, -0.05) is 38.1 Å². The van der Waals surface area contributed by atoms with Gasteiger partial charge in [-0.3, -0.25) is 4.90 Å². The predicted molar refractivity (Wildman–Crippen MR) is 120 cm³/mol. The summed E-state index contributed by atoms with van der Waals surface area (Å²) in [6, 6.07) is 15.8. The highest BCUT2D eigenvalue weighted by Gasteiger charge is 2.35. The molecule has 1 aromatic heterocycles. The molecule has 4 rings (SSSR count). The lowest BCUT2D eigenvalue weighted by Gasteiger charge is -2.43. The average Bonchev–Trinajstić information content (AvgIpc) is 3.02. The SMILES string of the molecule is CCn1c2ccccc2c2cc([C@@H](N3CCNCC3)C(C)(C)CO)ccc21.Cl. The third-order valence-electron chi connectivity index (χ3n) is 6.09. The number of piperazine rings is 1. The molecule has 2 aromatic carbocycles. The van der Waals surface area contributed by atoms with Gasteiger partial charge >= 0.3 is 0 Å². The molecule has 5 heteroatoms. The minimum Gasteiger partial charge on any atom is -0.396 e. The number of nitrogens with zero attached hydrogens (tertiary/aromatic N) is 2. The standard InChI is InChI=1S/C23H31N3O.ClH/c1-4-26-20-8-6-5-7-18(20)19-15-17(9-10-21(19)26)22(23(2,3)16-27)25-13-11-24-12-14-25;/h5-10,15,22,24,27H,4,11-14,16H2,1-3H3;1H/t22-;/m1./s1. The van der Waals surface area contributed by atoms with Gasteiger partial charge in [0.15, 0.2) is 0 Å². The van der Waals surface area contributed by atoms with E-state index in [1.165, 1.54) is 27.4 Å². The van der Waals surface area contributed by atoms with Crippen LogP contribution in [0.4, 0.5) is 0 Å².